The van der Waals surface area contributed by atoms with Crippen LogP contribution in [-0.2, 0) is 0 Å². The average Bonchev–Trinajstić information content (AvgIpc) is 3.08. The van der Waals surface area contributed by atoms with Gasteiger partial charge in [0.15, 0.2) is 0 Å². The second kappa shape index (κ2) is 7.70. The topological polar surface area (TPSA) is 79.8 Å². The Kier molecular flexibility index (Phi) is 5.40. The maximum atomic E-state index is 12.3. The highest BCUT2D eigenvalue weighted by Crippen LogP contribution is 2.23. The van der Waals surface area contributed by atoms with Crippen LogP contribution in [-0.4, -0.2) is 33.2 Å². The Morgan fingerprint density at radius 3 is 2.54 bits per heavy atom. The number of anilines is 1. The molecule has 2 aromatic rings. The Morgan fingerprint density at radius 2 is 1.92 bits per heavy atom. The summed E-state index contributed by atoms with van der Waals surface area (Å²) in [6, 6.07) is 6.51. The maximum absolute atomic E-state index is 12.3. The fraction of sp³-hybridized carbons (Fsp3) is 0.529. The summed E-state index contributed by atoms with van der Waals surface area (Å²) in [5.41, 5.74) is 0. The molecular weight excluding hydrogens is 322 g/mol. The molecule has 0 bridgehead atoms. The van der Waals surface area contributed by atoms with E-state index in [1.54, 1.807) is 6.20 Å². The molecule has 3 rings (SSSR count). The number of nitrogens with one attached hydrogen (secondary N) is 2. The first-order chi connectivity index (χ1) is 11.6. The van der Waals surface area contributed by atoms with Crippen LogP contribution in [0.3, 0.4) is 0 Å². The van der Waals surface area contributed by atoms with Crippen LogP contribution in [0.25, 0.3) is 0 Å². The van der Waals surface area contributed by atoms with E-state index >= 15 is 0 Å². The van der Waals surface area contributed by atoms with E-state index in [1.807, 2.05) is 18.2 Å². The van der Waals surface area contributed by atoms with E-state index in [2.05, 4.69) is 39.7 Å². The van der Waals surface area contributed by atoms with Gasteiger partial charge in [-0.25, -0.2) is 4.98 Å². The van der Waals surface area contributed by atoms with Crippen molar-refractivity contribution < 1.29 is 4.79 Å². The number of carbonyl (C=O) groups is 1. The summed E-state index contributed by atoms with van der Waals surface area (Å²) in [6.07, 6.45) is 5.77. The van der Waals surface area contributed by atoms with Gasteiger partial charge in [0.2, 0.25) is 5.01 Å². The van der Waals surface area contributed by atoms with Gasteiger partial charge < -0.3 is 10.6 Å². The van der Waals surface area contributed by atoms with Crippen LogP contribution in [0.2, 0.25) is 0 Å². The molecule has 6 nitrogen and oxygen atoms in total. The van der Waals surface area contributed by atoms with E-state index < -0.39 is 0 Å². The van der Waals surface area contributed by atoms with Crippen LogP contribution in [0.5, 0.6) is 0 Å². The van der Waals surface area contributed by atoms with Gasteiger partial charge in [-0.1, -0.05) is 31.3 Å². The van der Waals surface area contributed by atoms with Gasteiger partial charge in [-0.05, 0) is 37.8 Å². The molecule has 7 heteroatoms. The largest absolute Gasteiger partial charge is 0.367 e. The van der Waals surface area contributed by atoms with Crippen molar-refractivity contribution in [2.75, 3.05) is 5.32 Å². The van der Waals surface area contributed by atoms with Gasteiger partial charge in [0.1, 0.15) is 10.8 Å². The quantitative estimate of drug-likeness (QED) is 0.870. The molecule has 1 aliphatic rings. The number of carbonyl (C=O) groups excluding carboxylic acids is 1. The number of hydrogen-bond acceptors (Lipinski definition) is 6. The molecule has 0 aliphatic heterocycles. The van der Waals surface area contributed by atoms with Gasteiger partial charge in [0, 0.05) is 24.2 Å². The van der Waals surface area contributed by atoms with Gasteiger partial charge >= 0.3 is 0 Å². The molecule has 2 heterocycles. The summed E-state index contributed by atoms with van der Waals surface area (Å²) in [6.45, 7) is 4.11. The molecule has 1 fully saturated rings. The Bertz CT molecular complexity index is 665. The number of aromatic nitrogens is 3. The van der Waals surface area contributed by atoms with Crippen molar-refractivity contribution >= 4 is 23.1 Å². The van der Waals surface area contributed by atoms with Gasteiger partial charge in [0.05, 0.1) is 0 Å². The summed E-state index contributed by atoms with van der Waals surface area (Å²) in [7, 11) is 0. The average molecular weight is 345 g/mol. The zero-order chi connectivity index (χ0) is 16.9. The van der Waals surface area contributed by atoms with Crippen molar-refractivity contribution in [3.63, 3.8) is 0 Å². The van der Waals surface area contributed by atoms with Gasteiger partial charge in [-0.3, -0.25) is 4.79 Å². The number of hydrogen-bond donors (Lipinski definition) is 2. The minimum Gasteiger partial charge on any atom is -0.367 e. The van der Waals surface area contributed by atoms with Crippen molar-refractivity contribution in [3.05, 3.63) is 34.4 Å². The second-order valence-corrected chi connectivity index (χ2v) is 7.49. The van der Waals surface area contributed by atoms with E-state index in [-0.39, 0.29) is 11.9 Å². The molecule has 0 radical (unpaired) electrons. The first-order valence-corrected chi connectivity index (χ1v) is 9.25. The van der Waals surface area contributed by atoms with E-state index in [1.165, 1.54) is 11.3 Å². The predicted octanol–water partition coefficient (Wildman–Crippen LogP) is 3.21. The highest BCUT2D eigenvalue weighted by Gasteiger charge is 2.24. The number of pyridine rings is 1. The fourth-order valence-electron chi connectivity index (χ4n) is 2.85. The zero-order valence-corrected chi connectivity index (χ0v) is 14.8. The van der Waals surface area contributed by atoms with E-state index in [4.69, 9.17) is 0 Å². The van der Waals surface area contributed by atoms with E-state index in [9.17, 15) is 4.79 Å². The zero-order valence-electron chi connectivity index (χ0n) is 14.0. The molecule has 2 N–H and O–H groups in total. The van der Waals surface area contributed by atoms with E-state index in [0.717, 1.165) is 36.5 Å². The normalized spacial score (nSPS) is 20.8. The minimum atomic E-state index is -0.0967. The standard InChI is InChI=1S/C17H23N5OS/c1-11(2)16-21-22-17(24-16)15(23)20-13-8-6-12(7-9-13)19-14-5-3-4-10-18-14/h3-5,10-13H,6-9H2,1-2H3,(H,18,19)(H,20,23). The molecule has 1 saturated carbocycles. The molecule has 0 saturated heterocycles. The fourth-order valence-corrected chi connectivity index (χ4v) is 3.59. The lowest BCUT2D eigenvalue weighted by Crippen LogP contribution is -2.40. The number of rotatable bonds is 5. The van der Waals surface area contributed by atoms with Crippen LogP contribution < -0.4 is 10.6 Å². The third-order valence-corrected chi connectivity index (χ3v) is 5.43. The van der Waals surface area contributed by atoms with Crippen molar-refractivity contribution in [1.82, 2.24) is 20.5 Å². The Balaban J connectivity index is 1.47. The third kappa shape index (κ3) is 4.29. The summed E-state index contributed by atoms with van der Waals surface area (Å²) < 4.78 is 0. The lowest BCUT2D eigenvalue weighted by atomic mass is 9.91. The molecule has 128 valence electrons. The van der Waals surface area contributed by atoms with Crippen LogP contribution in [0.1, 0.15) is 60.3 Å². The van der Waals surface area contributed by atoms with Crippen LogP contribution in [0.4, 0.5) is 5.82 Å². The first kappa shape index (κ1) is 16.8. The van der Waals surface area contributed by atoms with Crippen molar-refractivity contribution in [2.45, 2.75) is 57.5 Å². The van der Waals surface area contributed by atoms with Gasteiger partial charge in [-0.15, -0.1) is 10.2 Å². The molecule has 2 aromatic heterocycles. The summed E-state index contributed by atoms with van der Waals surface area (Å²) >= 11 is 1.39. The number of nitrogens with zero attached hydrogens (tertiary/aromatic N) is 3. The lowest BCUT2D eigenvalue weighted by Gasteiger charge is -2.29. The molecular formula is C17H23N5OS. The van der Waals surface area contributed by atoms with Crippen LogP contribution >= 0.6 is 11.3 Å². The van der Waals surface area contributed by atoms with Crippen LogP contribution in [0, 0.1) is 0 Å². The summed E-state index contributed by atoms with van der Waals surface area (Å²) in [4.78, 5) is 16.6. The monoisotopic (exact) mass is 345 g/mol. The smallest absolute Gasteiger partial charge is 0.282 e. The Morgan fingerprint density at radius 1 is 1.17 bits per heavy atom. The molecule has 0 spiro atoms. The van der Waals surface area contributed by atoms with Crippen LogP contribution in [0.15, 0.2) is 24.4 Å². The van der Waals surface area contributed by atoms with Gasteiger partial charge in [-0.2, -0.15) is 0 Å². The summed E-state index contributed by atoms with van der Waals surface area (Å²) in [5.74, 6) is 1.12. The number of amides is 1. The summed E-state index contributed by atoms with van der Waals surface area (Å²) in [5, 5.41) is 16.0. The molecule has 1 aliphatic carbocycles. The predicted molar refractivity (Wildman–Crippen MR) is 95.4 cm³/mol. The molecule has 0 unspecified atom stereocenters. The third-order valence-electron chi connectivity index (χ3n) is 4.21. The van der Waals surface area contributed by atoms with Gasteiger partial charge in [0.25, 0.3) is 5.91 Å². The highest BCUT2D eigenvalue weighted by atomic mass is 32.1. The molecule has 0 aromatic carbocycles. The molecule has 0 atom stereocenters. The molecule has 24 heavy (non-hydrogen) atoms. The Hall–Kier alpha value is -2.02. The van der Waals surface area contributed by atoms with E-state index in [0.29, 0.717) is 17.0 Å². The SMILES string of the molecule is CC(C)c1nnc(C(=O)NC2CCC(Nc3ccccn3)CC2)s1. The van der Waals surface area contributed by atoms with Crippen molar-refractivity contribution in [1.29, 1.82) is 0 Å². The van der Waals surface area contributed by atoms with Crippen molar-refractivity contribution in [2.24, 2.45) is 0 Å². The lowest BCUT2D eigenvalue weighted by molar-refractivity contribution is 0.0925. The maximum Gasteiger partial charge on any atom is 0.282 e. The second-order valence-electron chi connectivity index (χ2n) is 6.48. The molecule has 1 amide bonds. The van der Waals surface area contributed by atoms with Crippen molar-refractivity contribution in [3.8, 4) is 0 Å². The first-order valence-electron chi connectivity index (χ1n) is 8.43. The Labute approximate surface area is 146 Å². The highest BCUT2D eigenvalue weighted by molar-refractivity contribution is 7.13. The minimum absolute atomic E-state index is 0.0967.